The Hall–Kier alpha value is -1.88. The molecule has 2 heterocycles. The Labute approximate surface area is 112 Å². The first-order valence-corrected chi connectivity index (χ1v) is 6.25. The maximum Gasteiger partial charge on any atom is 0.323 e. The molecule has 2 rings (SSSR count). The summed E-state index contributed by atoms with van der Waals surface area (Å²) in [6, 6.07) is 1.24. The molecule has 5 heteroatoms. The van der Waals surface area contributed by atoms with Crippen molar-refractivity contribution < 1.29 is 9.53 Å². The molecule has 0 saturated carbocycles. The largest absolute Gasteiger partial charge is 0.459 e. The van der Waals surface area contributed by atoms with Crippen LogP contribution in [0.3, 0.4) is 0 Å². The Kier molecular flexibility index (Phi) is 3.57. The third-order valence-electron chi connectivity index (χ3n) is 2.72. The van der Waals surface area contributed by atoms with Crippen molar-refractivity contribution in [3.8, 4) is 0 Å². The van der Waals surface area contributed by atoms with Gasteiger partial charge in [0.15, 0.2) is 0 Å². The molecule has 0 saturated heterocycles. The molecule has 0 spiro atoms. The van der Waals surface area contributed by atoms with Gasteiger partial charge in [-0.15, -0.1) is 0 Å². The molecule has 0 radical (unpaired) electrons. The van der Waals surface area contributed by atoms with E-state index in [1.165, 1.54) is 0 Å². The van der Waals surface area contributed by atoms with Crippen molar-refractivity contribution >= 4 is 16.9 Å². The number of nitrogens with two attached hydrogens (primary N) is 1. The topological polar surface area (TPSA) is 81.0 Å². The number of esters is 1. The highest BCUT2D eigenvalue weighted by Crippen LogP contribution is 2.18. The summed E-state index contributed by atoms with van der Waals surface area (Å²) in [6.07, 6.45) is 5.77. The van der Waals surface area contributed by atoms with Gasteiger partial charge in [-0.25, -0.2) is 0 Å². The summed E-state index contributed by atoms with van der Waals surface area (Å²) in [5, 5.41) is 1.04. The Morgan fingerprint density at radius 1 is 1.53 bits per heavy atom. The minimum atomic E-state index is -0.661. The first-order chi connectivity index (χ1) is 8.87. The van der Waals surface area contributed by atoms with Gasteiger partial charge in [0.2, 0.25) is 0 Å². The Bertz CT molecular complexity index is 584. The predicted octanol–water partition coefficient (Wildman–Crippen LogP) is 1.77. The lowest BCUT2D eigenvalue weighted by molar-refractivity contribution is -0.156. The highest BCUT2D eigenvalue weighted by atomic mass is 16.6. The molecule has 0 aliphatic rings. The number of pyridine rings is 1. The summed E-state index contributed by atoms with van der Waals surface area (Å²) in [7, 11) is 0. The zero-order valence-electron chi connectivity index (χ0n) is 11.4. The minimum absolute atomic E-state index is 0.379. The number of ether oxygens (including phenoxy) is 1. The fourth-order valence-electron chi connectivity index (χ4n) is 1.90. The smallest absolute Gasteiger partial charge is 0.323 e. The molecule has 1 atom stereocenters. The number of hydrogen-bond acceptors (Lipinski definition) is 4. The summed E-state index contributed by atoms with van der Waals surface area (Å²) in [6.45, 7) is 5.49. The fraction of sp³-hybridized carbons (Fsp3) is 0.429. The van der Waals surface area contributed by atoms with Crippen molar-refractivity contribution in [2.75, 3.05) is 0 Å². The maximum atomic E-state index is 11.9. The number of fused-ring (bicyclic) bond motifs is 1. The van der Waals surface area contributed by atoms with Gasteiger partial charge in [0.25, 0.3) is 0 Å². The van der Waals surface area contributed by atoms with Crippen molar-refractivity contribution in [2.45, 2.75) is 38.8 Å². The van der Waals surface area contributed by atoms with E-state index in [4.69, 9.17) is 10.5 Å². The van der Waals surface area contributed by atoms with Crippen LogP contribution in [-0.4, -0.2) is 27.6 Å². The summed E-state index contributed by atoms with van der Waals surface area (Å²) >= 11 is 0. The maximum absolute atomic E-state index is 11.9. The lowest BCUT2D eigenvalue weighted by atomic mass is 10.1. The summed E-state index contributed by atoms with van der Waals surface area (Å²) in [4.78, 5) is 19.0. The van der Waals surface area contributed by atoms with Gasteiger partial charge in [-0.1, -0.05) is 0 Å². The second-order valence-electron chi connectivity index (χ2n) is 5.58. The molecule has 2 aromatic rings. The number of nitrogens with one attached hydrogen (secondary N) is 1. The fourth-order valence-corrected chi connectivity index (χ4v) is 1.90. The molecular weight excluding hydrogens is 242 g/mol. The van der Waals surface area contributed by atoms with Crippen molar-refractivity contribution in [2.24, 2.45) is 5.73 Å². The van der Waals surface area contributed by atoms with Crippen molar-refractivity contribution in [3.63, 3.8) is 0 Å². The van der Waals surface area contributed by atoms with Crippen molar-refractivity contribution in [3.05, 3.63) is 30.2 Å². The van der Waals surface area contributed by atoms with Crippen LogP contribution in [0.25, 0.3) is 10.9 Å². The second-order valence-corrected chi connectivity index (χ2v) is 5.58. The van der Waals surface area contributed by atoms with Crippen LogP contribution in [0.4, 0.5) is 0 Å². The van der Waals surface area contributed by atoms with Gasteiger partial charge in [0, 0.05) is 24.2 Å². The average molecular weight is 261 g/mol. The van der Waals surface area contributed by atoms with E-state index >= 15 is 0 Å². The standard InChI is InChI=1S/C14H19N3O2/c1-14(2,3)19-13(18)11(15)6-9-7-17-12-8-16-5-4-10(9)12/h4-5,7-8,11,17H,6,15H2,1-3H3/t11-/m0/s1. The molecule has 5 nitrogen and oxygen atoms in total. The molecule has 0 bridgehead atoms. The molecule has 0 amide bonds. The van der Waals surface area contributed by atoms with E-state index in [1.54, 1.807) is 12.4 Å². The quantitative estimate of drug-likeness (QED) is 0.825. The summed E-state index contributed by atoms with van der Waals surface area (Å²) in [5.41, 5.74) is 7.32. The predicted molar refractivity (Wildman–Crippen MR) is 73.6 cm³/mol. The highest BCUT2D eigenvalue weighted by Gasteiger charge is 2.23. The number of hydrogen-bond donors (Lipinski definition) is 2. The molecule has 0 aliphatic carbocycles. The number of carbonyl (C=O) groups is 1. The Morgan fingerprint density at radius 3 is 2.95 bits per heavy atom. The molecule has 102 valence electrons. The van der Waals surface area contributed by atoms with Crippen LogP contribution < -0.4 is 5.73 Å². The van der Waals surface area contributed by atoms with Crippen LogP contribution in [0, 0.1) is 0 Å². The second kappa shape index (κ2) is 5.01. The third-order valence-corrected chi connectivity index (χ3v) is 2.72. The van der Waals surface area contributed by atoms with Crippen LogP contribution in [0.15, 0.2) is 24.7 Å². The van der Waals surface area contributed by atoms with Gasteiger partial charge >= 0.3 is 5.97 Å². The molecule has 0 aliphatic heterocycles. The minimum Gasteiger partial charge on any atom is -0.459 e. The van der Waals surface area contributed by atoms with Crippen LogP contribution in [0.5, 0.6) is 0 Å². The van der Waals surface area contributed by atoms with Crippen LogP contribution in [-0.2, 0) is 16.0 Å². The van der Waals surface area contributed by atoms with E-state index in [-0.39, 0.29) is 5.97 Å². The zero-order valence-corrected chi connectivity index (χ0v) is 11.4. The number of aromatic nitrogens is 2. The monoisotopic (exact) mass is 261 g/mol. The molecule has 3 N–H and O–H groups in total. The molecule has 2 aromatic heterocycles. The van der Waals surface area contributed by atoms with Crippen molar-refractivity contribution in [1.82, 2.24) is 9.97 Å². The number of nitrogens with zero attached hydrogens (tertiary/aromatic N) is 1. The molecule has 19 heavy (non-hydrogen) atoms. The summed E-state index contributed by atoms with van der Waals surface area (Å²) in [5.74, 6) is -0.379. The van der Waals surface area contributed by atoms with Crippen LogP contribution in [0.1, 0.15) is 26.3 Å². The van der Waals surface area contributed by atoms with E-state index in [2.05, 4.69) is 9.97 Å². The van der Waals surface area contributed by atoms with Gasteiger partial charge in [-0.05, 0) is 32.4 Å². The lowest BCUT2D eigenvalue weighted by Gasteiger charge is -2.22. The van der Waals surface area contributed by atoms with Gasteiger partial charge in [-0.3, -0.25) is 9.78 Å². The first kappa shape index (κ1) is 13.5. The number of carbonyl (C=O) groups excluding carboxylic acids is 1. The van der Waals surface area contributed by atoms with E-state index < -0.39 is 11.6 Å². The molecule has 0 aromatic carbocycles. The normalized spacial score (nSPS) is 13.5. The van der Waals surface area contributed by atoms with E-state index in [9.17, 15) is 4.79 Å². The van der Waals surface area contributed by atoms with E-state index in [0.29, 0.717) is 6.42 Å². The van der Waals surface area contributed by atoms with Gasteiger partial charge in [0.1, 0.15) is 11.6 Å². The van der Waals surface area contributed by atoms with Gasteiger partial charge < -0.3 is 15.5 Å². The van der Waals surface area contributed by atoms with E-state index in [1.807, 2.05) is 33.0 Å². The Balaban J connectivity index is 2.10. The Morgan fingerprint density at radius 2 is 2.26 bits per heavy atom. The molecule has 0 unspecified atom stereocenters. The SMILES string of the molecule is CC(C)(C)OC(=O)[C@@H](N)Cc1c[nH]c2cnccc12. The van der Waals surface area contributed by atoms with Crippen LogP contribution >= 0.6 is 0 Å². The molecule has 0 fully saturated rings. The average Bonchev–Trinajstić information content (AvgIpc) is 2.70. The zero-order chi connectivity index (χ0) is 14.0. The van der Waals surface area contributed by atoms with Crippen molar-refractivity contribution in [1.29, 1.82) is 0 Å². The molecular formula is C14H19N3O2. The summed E-state index contributed by atoms with van der Waals surface area (Å²) < 4.78 is 5.27. The number of H-pyrrole nitrogens is 1. The number of rotatable bonds is 3. The highest BCUT2D eigenvalue weighted by molar-refractivity contribution is 5.83. The third kappa shape index (κ3) is 3.32. The first-order valence-electron chi connectivity index (χ1n) is 6.25. The van der Waals surface area contributed by atoms with Crippen LogP contribution in [0.2, 0.25) is 0 Å². The number of aromatic amines is 1. The lowest BCUT2D eigenvalue weighted by Crippen LogP contribution is -2.38. The van der Waals surface area contributed by atoms with Gasteiger partial charge in [-0.2, -0.15) is 0 Å². The van der Waals surface area contributed by atoms with Gasteiger partial charge in [0.05, 0.1) is 11.7 Å². The van der Waals surface area contributed by atoms with E-state index in [0.717, 1.165) is 16.5 Å².